The quantitative estimate of drug-likeness (QED) is 0.0573. The molecule has 0 amide bonds. The van der Waals surface area contributed by atoms with Crippen LogP contribution in [0, 0.1) is 0 Å². The summed E-state index contributed by atoms with van der Waals surface area (Å²) < 4.78 is 0. The highest BCUT2D eigenvalue weighted by atomic mass is 14.1. The third kappa shape index (κ3) is 47.2. The number of hydrogen-bond donors (Lipinski definition) is 0. The second-order valence-corrected chi connectivity index (χ2v) is 21.0. The Kier molecular flexibility index (Phi) is 50.5. The molecule has 0 fully saturated rings. The van der Waals surface area contributed by atoms with E-state index in [1.54, 1.807) is 11.1 Å². The summed E-state index contributed by atoms with van der Waals surface area (Å²) in [5.74, 6) is 0. The van der Waals surface area contributed by atoms with Crippen molar-refractivity contribution in [2.75, 3.05) is 0 Å². The fraction of sp³-hybridized carbons (Fsp3) is 0.903. The predicted octanol–water partition coefficient (Wildman–Crippen LogP) is 23.1. The molecule has 0 spiro atoms. The van der Waals surface area contributed by atoms with Crippen molar-refractivity contribution in [2.24, 2.45) is 0 Å². The van der Waals surface area contributed by atoms with Crippen LogP contribution in [-0.2, 0) is 12.8 Å². The SMILES string of the molecule is CCCCCCCCCCCCCCCCCCCCCCCCCCCCc1ccc(CCCCCCCCCCCCCCCCCCCCCCCCCCCC)cc1. The maximum absolute atomic E-state index is 2.43. The molecule has 0 saturated heterocycles. The molecule has 0 atom stereocenters. The maximum Gasteiger partial charge on any atom is -0.0279 e. The normalized spacial score (nSPS) is 11.6. The van der Waals surface area contributed by atoms with E-state index in [0.29, 0.717) is 0 Å². The summed E-state index contributed by atoms with van der Waals surface area (Å²) >= 11 is 0. The fourth-order valence-corrected chi connectivity index (χ4v) is 10.2. The summed E-state index contributed by atoms with van der Waals surface area (Å²) in [5.41, 5.74) is 3.12. The number of aryl methyl sites for hydroxylation is 2. The van der Waals surface area contributed by atoms with Crippen LogP contribution in [0.5, 0.6) is 0 Å². The minimum Gasteiger partial charge on any atom is -0.0654 e. The molecule has 366 valence electrons. The van der Waals surface area contributed by atoms with E-state index in [9.17, 15) is 0 Å². The smallest absolute Gasteiger partial charge is 0.0279 e. The number of rotatable bonds is 54. The molecule has 1 rings (SSSR count). The van der Waals surface area contributed by atoms with Gasteiger partial charge in [-0.25, -0.2) is 0 Å². The van der Waals surface area contributed by atoms with E-state index < -0.39 is 0 Å². The van der Waals surface area contributed by atoms with E-state index in [1.165, 1.54) is 347 Å². The van der Waals surface area contributed by atoms with Gasteiger partial charge in [0.25, 0.3) is 0 Å². The van der Waals surface area contributed by atoms with Crippen LogP contribution in [0.2, 0.25) is 0 Å². The molecular formula is C62H118. The highest BCUT2D eigenvalue weighted by Crippen LogP contribution is 2.19. The van der Waals surface area contributed by atoms with E-state index in [1.807, 2.05) is 0 Å². The van der Waals surface area contributed by atoms with Crippen molar-refractivity contribution in [2.45, 2.75) is 361 Å². The molecule has 0 aliphatic rings. The largest absolute Gasteiger partial charge is 0.0654 e. The van der Waals surface area contributed by atoms with E-state index >= 15 is 0 Å². The Hall–Kier alpha value is -0.780. The third-order valence-corrected chi connectivity index (χ3v) is 14.7. The zero-order valence-electron chi connectivity index (χ0n) is 43.5. The Balaban J connectivity index is 1.72. The zero-order chi connectivity index (χ0) is 44.2. The zero-order valence-corrected chi connectivity index (χ0v) is 43.5. The molecule has 62 heavy (non-hydrogen) atoms. The van der Waals surface area contributed by atoms with E-state index in [4.69, 9.17) is 0 Å². The highest BCUT2D eigenvalue weighted by molar-refractivity contribution is 5.22. The van der Waals surface area contributed by atoms with Gasteiger partial charge in [-0.15, -0.1) is 0 Å². The Morgan fingerprint density at radius 3 is 0.403 bits per heavy atom. The van der Waals surface area contributed by atoms with Crippen molar-refractivity contribution in [3.63, 3.8) is 0 Å². The van der Waals surface area contributed by atoms with Gasteiger partial charge in [0.15, 0.2) is 0 Å². The molecule has 0 aliphatic carbocycles. The average Bonchev–Trinajstić information content (AvgIpc) is 3.29. The first-order valence-corrected chi connectivity index (χ1v) is 29.9. The molecule has 0 aliphatic heterocycles. The summed E-state index contributed by atoms with van der Waals surface area (Å²) in [7, 11) is 0. The molecule has 1 aromatic rings. The first kappa shape index (κ1) is 59.2. The fourth-order valence-electron chi connectivity index (χ4n) is 10.2. The van der Waals surface area contributed by atoms with Crippen LogP contribution in [0.15, 0.2) is 24.3 Å². The minimum atomic E-state index is 1.28. The third-order valence-electron chi connectivity index (χ3n) is 14.7. The molecule has 0 radical (unpaired) electrons. The van der Waals surface area contributed by atoms with Gasteiger partial charge in [0, 0.05) is 0 Å². The summed E-state index contributed by atoms with van der Waals surface area (Å²) in [6.45, 7) is 4.63. The van der Waals surface area contributed by atoms with E-state index in [0.717, 1.165) is 0 Å². The van der Waals surface area contributed by atoms with Gasteiger partial charge in [0.2, 0.25) is 0 Å². The molecule has 0 aromatic heterocycles. The molecule has 0 heteroatoms. The van der Waals surface area contributed by atoms with Crippen LogP contribution in [0.3, 0.4) is 0 Å². The molecule has 0 heterocycles. The summed E-state index contributed by atoms with van der Waals surface area (Å²) in [6.07, 6.45) is 78.9. The lowest BCUT2D eigenvalue weighted by atomic mass is 10.0. The van der Waals surface area contributed by atoms with Crippen molar-refractivity contribution in [1.29, 1.82) is 0 Å². The Bertz CT molecular complexity index is 837. The second-order valence-electron chi connectivity index (χ2n) is 21.0. The molecule has 0 N–H and O–H groups in total. The van der Waals surface area contributed by atoms with Gasteiger partial charge in [-0.2, -0.15) is 0 Å². The molecule has 0 nitrogen and oxygen atoms in total. The lowest BCUT2D eigenvalue weighted by molar-refractivity contribution is 0.515. The Labute approximate surface area is 394 Å². The minimum absolute atomic E-state index is 1.28. The topological polar surface area (TPSA) is 0 Å². The predicted molar refractivity (Wildman–Crippen MR) is 285 cm³/mol. The molecule has 0 bridgehead atoms. The molecule has 1 aromatic carbocycles. The molecule has 0 unspecified atom stereocenters. The van der Waals surface area contributed by atoms with Gasteiger partial charge >= 0.3 is 0 Å². The Morgan fingerprint density at radius 2 is 0.274 bits per heavy atom. The highest BCUT2D eigenvalue weighted by Gasteiger charge is 2.01. The van der Waals surface area contributed by atoms with Crippen molar-refractivity contribution in [3.05, 3.63) is 35.4 Å². The lowest BCUT2D eigenvalue weighted by Gasteiger charge is -2.06. The number of hydrogen-bond acceptors (Lipinski definition) is 0. The van der Waals surface area contributed by atoms with Crippen LogP contribution in [0.25, 0.3) is 0 Å². The van der Waals surface area contributed by atoms with Crippen molar-refractivity contribution >= 4 is 0 Å². The van der Waals surface area contributed by atoms with Crippen LogP contribution in [-0.4, -0.2) is 0 Å². The standard InChI is InChI=1S/C62H118/c1-3-5-7-9-11-13-15-17-19-21-23-25-27-29-31-33-35-37-39-41-43-45-47-49-51-53-55-61-57-59-62(60-58-61)56-54-52-50-48-46-44-42-40-38-36-34-32-30-28-26-24-22-20-18-16-14-12-10-8-6-4-2/h57-60H,3-56H2,1-2H3. The van der Waals surface area contributed by atoms with Crippen LogP contribution < -0.4 is 0 Å². The summed E-state index contributed by atoms with van der Waals surface area (Å²) in [5, 5.41) is 0. The average molecular weight is 864 g/mol. The van der Waals surface area contributed by atoms with Gasteiger partial charge in [0.05, 0.1) is 0 Å². The number of unbranched alkanes of at least 4 members (excludes halogenated alkanes) is 50. The van der Waals surface area contributed by atoms with Gasteiger partial charge < -0.3 is 0 Å². The van der Waals surface area contributed by atoms with Crippen LogP contribution in [0.4, 0.5) is 0 Å². The maximum atomic E-state index is 2.43. The summed E-state index contributed by atoms with van der Waals surface area (Å²) in [4.78, 5) is 0. The van der Waals surface area contributed by atoms with Gasteiger partial charge in [-0.1, -0.05) is 359 Å². The van der Waals surface area contributed by atoms with E-state index in [2.05, 4.69) is 38.1 Å². The van der Waals surface area contributed by atoms with E-state index in [-0.39, 0.29) is 0 Å². The monoisotopic (exact) mass is 863 g/mol. The van der Waals surface area contributed by atoms with Gasteiger partial charge in [0.1, 0.15) is 0 Å². The van der Waals surface area contributed by atoms with Crippen LogP contribution in [0.1, 0.15) is 359 Å². The summed E-state index contributed by atoms with van der Waals surface area (Å²) in [6, 6.07) is 9.71. The first-order valence-electron chi connectivity index (χ1n) is 29.9. The second kappa shape index (κ2) is 52.8. The number of benzene rings is 1. The molecular weight excluding hydrogens is 745 g/mol. The lowest BCUT2D eigenvalue weighted by Crippen LogP contribution is -1.90. The van der Waals surface area contributed by atoms with Crippen molar-refractivity contribution in [1.82, 2.24) is 0 Å². The Morgan fingerprint density at radius 1 is 0.161 bits per heavy atom. The van der Waals surface area contributed by atoms with Gasteiger partial charge in [-0.3, -0.25) is 0 Å². The van der Waals surface area contributed by atoms with Crippen LogP contribution >= 0.6 is 0 Å². The van der Waals surface area contributed by atoms with Gasteiger partial charge in [-0.05, 0) is 36.8 Å². The first-order chi connectivity index (χ1) is 30.9. The molecule has 0 saturated carbocycles. The van der Waals surface area contributed by atoms with Crippen molar-refractivity contribution in [3.8, 4) is 0 Å². The van der Waals surface area contributed by atoms with Crippen molar-refractivity contribution < 1.29 is 0 Å².